The minimum atomic E-state index is -2.23. The first kappa shape index (κ1) is 48.2. The largest absolute Gasteiger partial charge is 0.497 e. The first-order chi connectivity index (χ1) is 28.2. The number of epoxide rings is 1. The standard InChI is InChI=1S/C51H76O7Si2/c1-14-51(59(10,11)36-40-23-17-15-18-24-40)48(57-51)47-38(3)46(55-50(7,8)56-47)37(2)29-34-43(52)45(58-60(12,13)49(4,5)6)28-22-21-27-44(41-25-19-16-20-26-41)54-35-39-30-32-42(53-9)33-31-39/h15-20,23-26,30-33,37-38,43-48,52H,14,21-22,27-28,35-36H2,1-13H3/t37-,38+,43+,44-,45-,46-,47-,48+,51-/m0/s1. The lowest BCUT2D eigenvalue weighted by atomic mass is 9.85. The van der Waals surface area contributed by atoms with Gasteiger partial charge in [0, 0.05) is 11.8 Å². The molecule has 0 radical (unpaired) electrons. The van der Waals surface area contributed by atoms with Crippen molar-refractivity contribution in [3.05, 3.63) is 102 Å². The Morgan fingerprint density at radius 1 is 0.817 bits per heavy atom. The van der Waals surface area contributed by atoms with Crippen LogP contribution in [0.15, 0.2) is 84.9 Å². The van der Waals surface area contributed by atoms with E-state index in [0.717, 1.165) is 43.0 Å². The second-order valence-corrected chi connectivity index (χ2v) is 29.8. The van der Waals surface area contributed by atoms with Gasteiger partial charge < -0.3 is 33.2 Å². The topological polar surface area (TPSA) is 78.9 Å². The van der Waals surface area contributed by atoms with Gasteiger partial charge in [0.2, 0.25) is 0 Å². The van der Waals surface area contributed by atoms with Crippen LogP contribution < -0.4 is 4.74 Å². The third-order valence-electron chi connectivity index (χ3n) is 13.6. The summed E-state index contributed by atoms with van der Waals surface area (Å²) in [5.41, 5.74) is 3.65. The van der Waals surface area contributed by atoms with Gasteiger partial charge >= 0.3 is 0 Å². The molecule has 0 aromatic heterocycles. The van der Waals surface area contributed by atoms with Crippen LogP contribution in [0.25, 0.3) is 0 Å². The molecule has 0 saturated carbocycles. The van der Waals surface area contributed by atoms with Crippen LogP contribution in [-0.4, -0.2) is 70.1 Å². The molecule has 9 heteroatoms. The van der Waals surface area contributed by atoms with Gasteiger partial charge in [-0.05, 0) is 87.5 Å². The van der Waals surface area contributed by atoms with E-state index in [4.69, 9.17) is 28.1 Å². The van der Waals surface area contributed by atoms with E-state index in [-0.39, 0.29) is 46.5 Å². The number of aliphatic hydroxyl groups is 1. The fraction of sp³-hybridized carbons (Fsp3) is 0.608. The van der Waals surface area contributed by atoms with Crippen LogP contribution in [0, 0.1) is 23.7 Å². The average molecular weight is 857 g/mol. The monoisotopic (exact) mass is 857 g/mol. The summed E-state index contributed by atoms with van der Waals surface area (Å²) in [7, 11) is -2.44. The van der Waals surface area contributed by atoms with E-state index in [2.05, 4.69) is 146 Å². The van der Waals surface area contributed by atoms with E-state index < -0.39 is 34.4 Å². The Labute approximate surface area is 365 Å². The van der Waals surface area contributed by atoms with Crippen molar-refractivity contribution in [3.8, 4) is 17.6 Å². The lowest BCUT2D eigenvalue weighted by Gasteiger charge is -2.46. The minimum Gasteiger partial charge on any atom is -0.497 e. The summed E-state index contributed by atoms with van der Waals surface area (Å²) < 4.78 is 39.1. The summed E-state index contributed by atoms with van der Waals surface area (Å²) in [6, 6.07) is 30.4. The van der Waals surface area contributed by atoms with Crippen LogP contribution in [0.5, 0.6) is 5.75 Å². The fourth-order valence-electron chi connectivity index (χ4n) is 8.90. The number of hydrogen-bond acceptors (Lipinski definition) is 7. The van der Waals surface area contributed by atoms with Gasteiger partial charge in [-0.15, -0.1) is 0 Å². The molecule has 0 aliphatic carbocycles. The van der Waals surface area contributed by atoms with Crippen LogP contribution >= 0.6 is 0 Å². The Morgan fingerprint density at radius 3 is 2.03 bits per heavy atom. The SMILES string of the molecule is CC[C@@]1([Si](C)(C)Cc2ccccc2)O[C@@H]1[C@H]1OC(C)(C)O[C@@H]([C@@H](C)C#C[C@@H](O)[C@H](CCCC[C@H](OCc2ccc(OC)cc2)c2ccccc2)O[Si](C)(C)C(C)(C)C)[C@H]1C. The minimum absolute atomic E-state index is 0.0102. The van der Waals surface area contributed by atoms with Crippen LogP contribution in [0.2, 0.25) is 31.2 Å². The molecule has 1 N–H and O–H groups in total. The Bertz CT molecular complexity index is 1830. The molecule has 0 amide bonds. The molecule has 0 unspecified atom stereocenters. The molecule has 2 saturated heterocycles. The highest BCUT2D eigenvalue weighted by molar-refractivity contribution is 6.80. The highest BCUT2D eigenvalue weighted by Gasteiger charge is 2.69. The third kappa shape index (κ3) is 12.0. The number of rotatable bonds is 19. The van der Waals surface area contributed by atoms with Crippen LogP contribution in [-0.2, 0) is 36.0 Å². The van der Waals surface area contributed by atoms with Gasteiger partial charge in [-0.1, -0.05) is 151 Å². The molecule has 0 spiro atoms. The summed E-state index contributed by atoms with van der Waals surface area (Å²) in [6.07, 6.45) is 2.65. The van der Waals surface area contributed by atoms with Crippen LogP contribution in [0.1, 0.15) is 110 Å². The zero-order valence-electron chi connectivity index (χ0n) is 39.0. The molecular formula is C51H76O7Si2. The quantitative estimate of drug-likeness (QED) is 0.0557. The Hall–Kier alpha value is -2.79. The first-order valence-corrected chi connectivity index (χ1v) is 28.6. The molecule has 9 atom stereocenters. The van der Waals surface area contributed by atoms with E-state index in [9.17, 15) is 5.11 Å². The molecule has 0 bridgehead atoms. The van der Waals surface area contributed by atoms with Crippen molar-refractivity contribution in [2.75, 3.05) is 7.11 Å². The number of benzene rings is 3. The molecule has 2 aliphatic heterocycles. The molecule has 2 fully saturated rings. The third-order valence-corrected chi connectivity index (χ3v) is 22.5. The van der Waals surface area contributed by atoms with Gasteiger partial charge in [0.15, 0.2) is 14.1 Å². The predicted molar refractivity (Wildman–Crippen MR) is 249 cm³/mol. The Kier molecular flexibility index (Phi) is 16.2. The lowest BCUT2D eigenvalue weighted by Crippen LogP contribution is -2.57. The Morgan fingerprint density at radius 2 is 1.43 bits per heavy atom. The molecule has 3 aromatic carbocycles. The van der Waals surface area contributed by atoms with Crippen molar-refractivity contribution < 1.29 is 33.2 Å². The molecule has 60 heavy (non-hydrogen) atoms. The summed E-state index contributed by atoms with van der Waals surface area (Å²) in [4.78, 5) is 0. The molecular weight excluding hydrogens is 781 g/mol. The predicted octanol–water partition coefficient (Wildman–Crippen LogP) is 11.6. The van der Waals surface area contributed by atoms with Gasteiger partial charge in [-0.3, -0.25) is 0 Å². The summed E-state index contributed by atoms with van der Waals surface area (Å²) in [6.45, 7) is 27.3. The molecule has 7 nitrogen and oxygen atoms in total. The maximum atomic E-state index is 11.9. The number of ether oxygens (including phenoxy) is 5. The van der Waals surface area contributed by atoms with E-state index >= 15 is 0 Å². The van der Waals surface area contributed by atoms with Gasteiger partial charge in [0.1, 0.15) is 18.0 Å². The fourth-order valence-corrected chi connectivity index (χ4v) is 14.2. The smallest absolute Gasteiger partial charge is 0.192 e. The highest BCUT2D eigenvalue weighted by Crippen LogP contribution is 2.54. The average Bonchev–Trinajstić information content (AvgIpc) is 3.97. The molecule has 330 valence electrons. The van der Waals surface area contributed by atoms with Crippen molar-refractivity contribution in [1.29, 1.82) is 0 Å². The second kappa shape index (κ2) is 20.2. The van der Waals surface area contributed by atoms with Crippen LogP contribution in [0.3, 0.4) is 0 Å². The molecule has 5 rings (SSSR count). The van der Waals surface area contributed by atoms with Crippen molar-refractivity contribution in [1.82, 2.24) is 0 Å². The van der Waals surface area contributed by atoms with E-state index in [1.165, 1.54) is 11.1 Å². The normalized spacial score (nSPS) is 25.0. The Balaban J connectivity index is 1.26. The summed E-state index contributed by atoms with van der Waals surface area (Å²) in [5.74, 6) is 6.69. The van der Waals surface area contributed by atoms with E-state index in [0.29, 0.717) is 13.0 Å². The first-order valence-electron chi connectivity index (χ1n) is 22.5. The number of methoxy groups -OCH3 is 1. The van der Waals surface area contributed by atoms with Gasteiger partial charge in [0.05, 0.1) is 51.4 Å². The van der Waals surface area contributed by atoms with Crippen molar-refractivity contribution >= 4 is 16.4 Å². The molecule has 2 heterocycles. The number of unbranched alkanes of at least 4 members (excludes halogenated alkanes) is 1. The maximum Gasteiger partial charge on any atom is 0.192 e. The molecule has 3 aromatic rings. The van der Waals surface area contributed by atoms with E-state index in [1.54, 1.807) is 7.11 Å². The molecule has 2 aliphatic rings. The zero-order chi connectivity index (χ0) is 43.9. The summed E-state index contributed by atoms with van der Waals surface area (Å²) >= 11 is 0. The van der Waals surface area contributed by atoms with Crippen LogP contribution in [0.4, 0.5) is 0 Å². The zero-order valence-corrected chi connectivity index (χ0v) is 41.0. The highest BCUT2D eigenvalue weighted by atomic mass is 28.4. The van der Waals surface area contributed by atoms with Gasteiger partial charge in [0.25, 0.3) is 0 Å². The second-order valence-electron chi connectivity index (χ2n) is 20.0. The maximum absolute atomic E-state index is 11.9. The van der Waals surface area contributed by atoms with Crippen molar-refractivity contribution in [3.63, 3.8) is 0 Å². The van der Waals surface area contributed by atoms with Crippen molar-refractivity contribution in [2.45, 2.75) is 179 Å². The van der Waals surface area contributed by atoms with Gasteiger partial charge in [-0.25, -0.2) is 0 Å². The lowest BCUT2D eigenvalue weighted by molar-refractivity contribution is -0.326. The van der Waals surface area contributed by atoms with Gasteiger partial charge in [-0.2, -0.15) is 0 Å². The number of aliphatic hydroxyl groups excluding tert-OH is 1. The van der Waals surface area contributed by atoms with Crippen molar-refractivity contribution in [2.24, 2.45) is 11.8 Å². The summed E-state index contributed by atoms with van der Waals surface area (Å²) in [5, 5.41) is 11.7. The van der Waals surface area contributed by atoms with E-state index in [1.807, 2.05) is 32.0 Å². The number of hydrogen-bond donors (Lipinski definition) is 1.